The average molecular weight is 414 g/mol. The van der Waals surface area contributed by atoms with Gasteiger partial charge >= 0.3 is 5.69 Å². The zero-order valence-corrected chi connectivity index (χ0v) is 20.0. The molecule has 0 aliphatic heterocycles. The lowest BCUT2D eigenvalue weighted by Crippen LogP contribution is -2.39. The standard InChI is InChI=1S/C23H33N3O2.C2H6/c1-7-9-10-20(15-18-11-13-19(14-12-18)16(3)8-2)24-21-17(4)25(5)23(28)26(6)22(21)27;1-2/h10-14,16,24H,7-9,15H2,1-6H3;1-2H3/b20-10+;. The van der Waals surface area contributed by atoms with E-state index >= 15 is 0 Å². The van der Waals surface area contributed by atoms with Gasteiger partial charge in [-0.25, -0.2) is 4.79 Å². The molecule has 0 saturated carbocycles. The van der Waals surface area contributed by atoms with E-state index in [1.54, 1.807) is 14.0 Å². The Bertz CT molecular complexity index is 950. The van der Waals surface area contributed by atoms with Crippen LogP contribution >= 0.6 is 0 Å². The summed E-state index contributed by atoms with van der Waals surface area (Å²) >= 11 is 0. The fraction of sp³-hybridized carbons (Fsp3) is 0.520. The van der Waals surface area contributed by atoms with Gasteiger partial charge in [-0.3, -0.25) is 13.9 Å². The molecule has 1 unspecified atom stereocenters. The number of anilines is 1. The SMILES string of the molecule is CC.CCC/C=C(\Cc1ccc(C(C)CC)cc1)Nc1c(C)n(C)c(=O)n(C)c1=O. The molecular weight excluding hydrogens is 374 g/mol. The minimum absolute atomic E-state index is 0.296. The van der Waals surface area contributed by atoms with Crippen molar-refractivity contribution in [2.45, 2.75) is 73.1 Å². The Labute approximate surface area is 181 Å². The monoisotopic (exact) mass is 413 g/mol. The fourth-order valence-corrected chi connectivity index (χ4v) is 3.16. The molecule has 0 spiro atoms. The maximum Gasteiger partial charge on any atom is 0.330 e. The van der Waals surface area contributed by atoms with Gasteiger partial charge in [-0.2, -0.15) is 0 Å². The van der Waals surface area contributed by atoms with Crippen molar-refractivity contribution in [3.05, 3.63) is 73.7 Å². The fourth-order valence-electron chi connectivity index (χ4n) is 3.16. The van der Waals surface area contributed by atoms with E-state index in [9.17, 15) is 9.59 Å². The third-order valence-electron chi connectivity index (χ3n) is 5.48. The van der Waals surface area contributed by atoms with Gasteiger partial charge in [-0.1, -0.05) is 71.4 Å². The highest BCUT2D eigenvalue weighted by molar-refractivity contribution is 5.51. The maximum atomic E-state index is 12.6. The highest BCUT2D eigenvalue weighted by Gasteiger charge is 2.14. The second-order valence-corrected chi connectivity index (χ2v) is 7.54. The normalized spacial score (nSPS) is 12.2. The van der Waals surface area contributed by atoms with Crippen LogP contribution in [0.15, 0.2) is 45.6 Å². The van der Waals surface area contributed by atoms with Gasteiger partial charge in [0.15, 0.2) is 0 Å². The smallest absolute Gasteiger partial charge is 0.330 e. The molecule has 0 bridgehead atoms. The van der Waals surface area contributed by atoms with Crippen molar-refractivity contribution in [3.63, 3.8) is 0 Å². The molecule has 1 aromatic carbocycles. The summed E-state index contributed by atoms with van der Waals surface area (Å²) in [5.74, 6) is 0.554. The Hall–Kier alpha value is -2.56. The van der Waals surface area contributed by atoms with E-state index in [0.29, 0.717) is 23.7 Å². The summed E-state index contributed by atoms with van der Waals surface area (Å²) in [6, 6.07) is 8.71. The quantitative estimate of drug-likeness (QED) is 0.641. The molecule has 1 atom stereocenters. The van der Waals surface area contributed by atoms with Gasteiger partial charge in [0.1, 0.15) is 5.69 Å². The number of hydrogen-bond donors (Lipinski definition) is 1. The van der Waals surface area contributed by atoms with Crippen LogP contribution in [0.3, 0.4) is 0 Å². The summed E-state index contributed by atoms with van der Waals surface area (Å²) in [6.07, 6.45) is 5.94. The molecule has 30 heavy (non-hydrogen) atoms. The van der Waals surface area contributed by atoms with E-state index in [1.807, 2.05) is 13.8 Å². The molecule has 5 nitrogen and oxygen atoms in total. The van der Waals surface area contributed by atoms with Gasteiger partial charge in [-0.05, 0) is 36.8 Å². The minimum Gasteiger partial charge on any atom is -0.353 e. The second kappa shape index (κ2) is 12.2. The third-order valence-corrected chi connectivity index (χ3v) is 5.48. The van der Waals surface area contributed by atoms with Crippen LogP contribution in [0.2, 0.25) is 0 Å². The van der Waals surface area contributed by atoms with E-state index in [2.05, 4.69) is 56.4 Å². The van der Waals surface area contributed by atoms with Gasteiger partial charge in [0.2, 0.25) is 0 Å². The molecule has 5 heteroatoms. The first-order valence-electron chi connectivity index (χ1n) is 11.1. The van der Waals surface area contributed by atoms with Gasteiger partial charge in [0.25, 0.3) is 5.56 Å². The van der Waals surface area contributed by atoms with E-state index < -0.39 is 0 Å². The van der Waals surface area contributed by atoms with Gasteiger partial charge in [0.05, 0.1) is 0 Å². The van der Waals surface area contributed by atoms with Crippen LogP contribution in [0.4, 0.5) is 5.69 Å². The summed E-state index contributed by atoms with van der Waals surface area (Å²) < 4.78 is 2.65. The van der Waals surface area contributed by atoms with Gasteiger partial charge in [0, 0.05) is 31.9 Å². The molecule has 0 radical (unpaired) electrons. The van der Waals surface area contributed by atoms with Crippen molar-refractivity contribution in [1.29, 1.82) is 0 Å². The Kier molecular flexibility index (Phi) is 10.4. The molecule has 0 amide bonds. The van der Waals surface area contributed by atoms with E-state index in [4.69, 9.17) is 0 Å². The summed E-state index contributed by atoms with van der Waals surface area (Å²) in [4.78, 5) is 24.7. The van der Waals surface area contributed by atoms with Crippen LogP contribution in [0.25, 0.3) is 0 Å². The third kappa shape index (κ3) is 6.22. The molecule has 1 aromatic heterocycles. The number of unbranched alkanes of at least 4 members (excludes halogenated alkanes) is 1. The van der Waals surface area contributed by atoms with Crippen molar-refractivity contribution < 1.29 is 0 Å². The van der Waals surface area contributed by atoms with Crippen molar-refractivity contribution >= 4 is 5.69 Å². The Balaban J connectivity index is 0.00000218. The topological polar surface area (TPSA) is 56.0 Å². The van der Waals surface area contributed by atoms with Crippen LogP contribution in [-0.4, -0.2) is 9.13 Å². The van der Waals surface area contributed by atoms with Crippen LogP contribution in [0, 0.1) is 6.92 Å². The molecule has 2 aromatic rings. The van der Waals surface area contributed by atoms with Crippen LogP contribution < -0.4 is 16.6 Å². The van der Waals surface area contributed by atoms with Crippen LogP contribution in [0.1, 0.15) is 76.6 Å². The van der Waals surface area contributed by atoms with E-state index in [1.165, 1.54) is 22.7 Å². The average Bonchev–Trinajstić information content (AvgIpc) is 2.78. The van der Waals surface area contributed by atoms with Crippen LogP contribution in [-0.2, 0) is 20.5 Å². The lowest BCUT2D eigenvalue weighted by Gasteiger charge is -2.17. The van der Waals surface area contributed by atoms with E-state index in [0.717, 1.165) is 29.5 Å². The molecular formula is C25H39N3O2. The predicted molar refractivity (Wildman–Crippen MR) is 128 cm³/mol. The first-order valence-corrected chi connectivity index (χ1v) is 11.1. The molecule has 0 aliphatic rings. The highest BCUT2D eigenvalue weighted by atomic mass is 16.2. The molecule has 166 valence electrons. The van der Waals surface area contributed by atoms with Crippen molar-refractivity contribution in [3.8, 4) is 0 Å². The number of benzene rings is 1. The number of nitrogens with zero attached hydrogens (tertiary/aromatic N) is 2. The Morgan fingerprint density at radius 3 is 2.20 bits per heavy atom. The van der Waals surface area contributed by atoms with Crippen molar-refractivity contribution in [2.75, 3.05) is 5.32 Å². The molecule has 1 N–H and O–H groups in total. The lowest BCUT2D eigenvalue weighted by molar-refractivity contribution is 0.670. The Morgan fingerprint density at radius 2 is 1.67 bits per heavy atom. The molecule has 0 fully saturated rings. The van der Waals surface area contributed by atoms with E-state index in [-0.39, 0.29) is 11.2 Å². The summed E-state index contributed by atoms with van der Waals surface area (Å²) in [7, 11) is 3.20. The lowest BCUT2D eigenvalue weighted by atomic mass is 9.96. The molecule has 1 heterocycles. The first-order chi connectivity index (χ1) is 14.3. The highest BCUT2D eigenvalue weighted by Crippen LogP contribution is 2.20. The predicted octanol–water partition coefficient (Wildman–Crippen LogP) is 5.27. The number of rotatable bonds is 8. The first kappa shape index (κ1) is 25.5. The van der Waals surface area contributed by atoms with Crippen molar-refractivity contribution in [2.24, 2.45) is 14.1 Å². The molecule has 0 saturated heterocycles. The van der Waals surface area contributed by atoms with Gasteiger partial charge in [-0.15, -0.1) is 0 Å². The van der Waals surface area contributed by atoms with Crippen LogP contribution in [0.5, 0.6) is 0 Å². The summed E-state index contributed by atoms with van der Waals surface area (Å²) in [6.45, 7) is 12.4. The molecule has 0 aliphatic carbocycles. The zero-order chi connectivity index (χ0) is 22.8. The second-order valence-electron chi connectivity index (χ2n) is 7.54. The largest absolute Gasteiger partial charge is 0.353 e. The number of nitrogens with one attached hydrogen (secondary N) is 1. The van der Waals surface area contributed by atoms with Crippen molar-refractivity contribution in [1.82, 2.24) is 9.13 Å². The molecule has 2 rings (SSSR count). The zero-order valence-electron chi connectivity index (χ0n) is 20.0. The maximum absolute atomic E-state index is 12.6. The number of aromatic nitrogens is 2. The number of hydrogen-bond acceptors (Lipinski definition) is 3. The summed E-state index contributed by atoms with van der Waals surface area (Å²) in [5, 5.41) is 3.32. The summed E-state index contributed by atoms with van der Waals surface area (Å²) in [5.41, 5.74) is 4.02. The minimum atomic E-state index is -0.312. The number of allylic oxidation sites excluding steroid dienone is 2. The van der Waals surface area contributed by atoms with Gasteiger partial charge < -0.3 is 5.32 Å². The Morgan fingerprint density at radius 1 is 1.07 bits per heavy atom.